The van der Waals surface area contributed by atoms with Gasteiger partial charge in [-0.2, -0.15) is 0 Å². The van der Waals surface area contributed by atoms with E-state index in [4.69, 9.17) is 21.7 Å². The number of hydrogen-bond acceptors (Lipinski definition) is 5. The summed E-state index contributed by atoms with van der Waals surface area (Å²) in [6.07, 6.45) is 7.63. The number of anilines is 2. The predicted octanol–water partition coefficient (Wildman–Crippen LogP) is 3.96. The van der Waals surface area contributed by atoms with Crippen molar-refractivity contribution in [2.75, 3.05) is 36.5 Å². The van der Waals surface area contributed by atoms with Crippen LogP contribution in [0, 0.1) is 5.92 Å². The number of rotatable bonds is 7. The van der Waals surface area contributed by atoms with Crippen LogP contribution in [0.1, 0.15) is 44.9 Å². The van der Waals surface area contributed by atoms with Gasteiger partial charge in [0, 0.05) is 37.5 Å². The van der Waals surface area contributed by atoms with Crippen LogP contribution in [0.5, 0.6) is 0 Å². The number of aliphatic hydroxyl groups is 1. The maximum absolute atomic E-state index is 12.7. The van der Waals surface area contributed by atoms with Crippen molar-refractivity contribution < 1.29 is 9.90 Å². The van der Waals surface area contributed by atoms with Crippen LogP contribution in [0.2, 0.25) is 5.02 Å². The Labute approximate surface area is 183 Å². The Morgan fingerprint density at radius 2 is 2.00 bits per heavy atom. The molecular formula is C23H31ClN4O2. The molecular weight excluding hydrogens is 400 g/mol. The molecule has 4 rings (SSSR count). The number of nitrogens with zero attached hydrogens (tertiary/aromatic N) is 2. The van der Waals surface area contributed by atoms with Gasteiger partial charge in [-0.15, -0.1) is 0 Å². The highest BCUT2D eigenvalue weighted by Gasteiger charge is 2.23. The molecule has 30 heavy (non-hydrogen) atoms. The van der Waals surface area contributed by atoms with Crippen molar-refractivity contribution in [3.63, 3.8) is 0 Å². The third kappa shape index (κ3) is 5.05. The van der Waals surface area contributed by atoms with Crippen molar-refractivity contribution in [1.29, 1.82) is 0 Å². The zero-order valence-electron chi connectivity index (χ0n) is 17.4. The number of fused-ring (bicyclic) bond motifs is 1. The maximum atomic E-state index is 12.7. The van der Waals surface area contributed by atoms with E-state index in [0.717, 1.165) is 49.1 Å². The van der Waals surface area contributed by atoms with E-state index in [-0.39, 0.29) is 12.5 Å². The molecule has 1 aliphatic carbocycles. The van der Waals surface area contributed by atoms with Gasteiger partial charge in [0.15, 0.2) is 0 Å². The van der Waals surface area contributed by atoms with Gasteiger partial charge in [-0.3, -0.25) is 4.79 Å². The molecule has 162 valence electrons. The molecule has 1 atom stereocenters. The number of aromatic nitrogens is 1. The molecule has 1 aromatic heterocycles. The molecule has 7 heteroatoms. The topological polar surface area (TPSA) is 77.5 Å². The molecule has 0 unspecified atom stereocenters. The Kier molecular flexibility index (Phi) is 7.08. The lowest BCUT2D eigenvalue weighted by Crippen LogP contribution is -2.34. The van der Waals surface area contributed by atoms with E-state index in [1.54, 1.807) is 0 Å². The van der Waals surface area contributed by atoms with E-state index in [1.165, 1.54) is 19.3 Å². The molecule has 1 saturated carbocycles. The molecule has 1 aromatic carbocycles. The van der Waals surface area contributed by atoms with Crippen LogP contribution in [0.15, 0.2) is 24.3 Å². The summed E-state index contributed by atoms with van der Waals surface area (Å²) in [6, 6.07) is 8.11. The van der Waals surface area contributed by atoms with Crippen LogP contribution in [0.3, 0.4) is 0 Å². The normalized spacial score (nSPS) is 20.1. The lowest BCUT2D eigenvalue weighted by molar-refractivity contribution is -0.117. The van der Waals surface area contributed by atoms with Gasteiger partial charge in [-0.05, 0) is 49.4 Å². The first-order valence-corrected chi connectivity index (χ1v) is 11.5. The van der Waals surface area contributed by atoms with E-state index in [9.17, 15) is 4.79 Å². The molecule has 0 bridgehead atoms. The standard InChI is InChI=1S/C23H31ClN4O2/c24-19-7-8-20-18(23(19)27-22(30)14-16-4-2-1-3-5-16)6-9-21(26-20)28-12-10-17(15-28)25-11-13-29/h6-9,16-17,25,29H,1-5,10-15H2,(H,27,30)/t17-/m1/s1. The number of amides is 1. The zero-order valence-corrected chi connectivity index (χ0v) is 18.1. The lowest BCUT2D eigenvalue weighted by Gasteiger charge is -2.21. The summed E-state index contributed by atoms with van der Waals surface area (Å²) < 4.78 is 0. The van der Waals surface area contributed by atoms with Crippen molar-refractivity contribution in [1.82, 2.24) is 10.3 Å². The number of carbonyl (C=O) groups excluding carboxylic acids is 1. The second-order valence-corrected chi connectivity index (χ2v) is 8.93. The molecule has 0 spiro atoms. The van der Waals surface area contributed by atoms with E-state index < -0.39 is 0 Å². The highest BCUT2D eigenvalue weighted by Crippen LogP contribution is 2.33. The molecule has 6 nitrogen and oxygen atoms in total. The molecule has 2 aliphatic rings. The Bertz CT molecular complexity index is 885. The minimum atomic E-state index is 0.0396. The summed E-state index contributed by atoms with van der Waals surface area (Å²) in [5.41, 5.74) is 1.49. The summed E-state index contributed by atoms with van der Waals surface area (Å²) in [5.74, 6) is 1.45. The fraction of sp³-hybridized carbons (Fsp3) is 0.565. The number of benzene rings is 1. The van der Waals surface area contributed by atoms with Gasteiger partial charge in [-0.25, -0.2) is 4.98 Å². The van der Waals surface area contributed by atoms with Gasteiger partial charge < -0.3 is 20.6 Å². The summed E-state index contributed by atoms with van der Waals surface area (Å²) >= 11 is 6.44. The summed E-state index contributed by atoms with van der Waals surface area (Å²) in [7, 11) is 0. The minimum absolute atomic E-state index is 0.0396. The van der Waals surface area contributed by atoms with Crippen LogP contribution >= 0.6 is 11.6 Å². The third-order valence-corrected chi connectivity index (χ3v) is 6.64. The average Bonchev–Trinajstić information content (AvgIpc) is 3.24. The fourth-order valence-electron chi connectivity index (χ4n) is 4.72. The van der Waals surface area contributed by atoms with Crippen molar-refractivity contribution in [3.8, 4) is 0 Å². The van der Waals surface area contributed by atoms with E-state index in [1.807, 2.05) is 24.3 Å². The largest absolute Gasteiger partial charge is 0.395 e. The zero-order chi connectivity index (χ0) is 20.9. The maximum Gasteiger partial charge on any atom is 0.224 e. The fourth-order valence-corrected chi connectivity index (χ4v) is 4.93. The van der Waals surface area contributed by atoms with Gasteiger partial charge in [0.25, 0.3) is 0 Å². The summed E-state index contributed by atoms with van der Waals surface area (Å²) in [4.78, 5) is 19.7. The first kappa shape index (κ1) is 21.3. The summed E-state index contributed by atoms with van der Waals surface area (Å²) in [6.45, 7) is 2.57. The van der Waals surface area contributed by atoms with E-state index in [2.05, 4.69) is 15.5 Å². The highest BCUT2D eigenvalue weighted by molar-refractivity contribution is 6.35. The van der Waals surface area contributed by atoms with Gasteiger partial charge in [-0.1, -0.05) is 30.9 Å². The Hall–Kier alpha value is -1.89. The predicted molar refractivity (Wildman–Crippen MR) is 122 cm³/mol. The number of nitrogens with one attached hydrogen (secondary N) is 2. The summed E-state index contributed by atoms with van der Waals surface area (Å²) in [5, 5.41) is 16.8. The minimum Gasteiger partial charge on any atom is -0.395 e. The van der Waals surface area contributed by atoms with Crippen LogP contribution < -0.4 is 15.5 Å². The van der Waals surface area contributed by atoms with Crippen LogP contribution in [-0.2, 0) is 4.79 Å². The average molecular weight is 431 g/mol. The van der Waals surface area contributed by atoms with E-state index >= 15 is 0 Å². The van der Waals surface area contributed by atoms with Gasteiger partial charge in [0.2, 0.25) is 5.91 Å². The molecule has 1 saturated heterocycles. The van der Waals surface area contributed by atoms with Gasteiger partial charge in [0.1, 0.15) is 5.82 Å². The Morgan fingerprint density at radius 1 is 1.17 bits per heavy atom. The van der Waals surface area contributed by atoms with Crippen LogP contribution in [-0.4, -0.2) is 48.3 Å². The van der Waals surface area contributed by atoms with Crippen molar-refractivity contribution in [3.05, 3.63) is 29.3 Å². The monoisotopic (exact) mass is 430 g/mol. The van der Waals surface area contributed by atoms with Gasteiger partial charge >= 0.3 is 0 Å². The number of carbonyl (C=O) groups is 1. The van der Waals surface area contributed by atoms with Gasteiger partial charge in [0.05, 0.1) is 22.8 Å². The highest BCUT2D eigenvalue weighted by atomic mass is 35.5. The SMILES string of the molecule is O=C(CC1CCCCC1)Nc1c(Cl)ccc2nc(N3CC[C@@H](NCCO)C3)ccc12. The quantitative estimate of drug-likeness (QED) is 0.619. The molecule has 2 heterocycles. The number of pyridine rings is 1. The second kappa shape index (κ2) is 9.94. The first-order valence-electron chi connectivity index (χ1n) is 11.1. The Morgan fingerprint density at radius 3 is 2.80 bits per heavy atom. The number of halogens is 1. The molecule has 0 radical (unpaired) electrons. The molecule has 3 N–H and O–H groups in total. The smallest absolute Gasteiger partial charge is 0.224 e. The number of hydrogen-bond donors (Lipinski definition) is 3. The molecule has 2 aromatic rings. The van der Waals surface area contributed by atoms with Crippen molar-refractivity contribution in [2.24, 2.45) is 5.92 Å². The van der Waals surface area contributed by atoms with Crippen LogP contribution in [0.4, 0.5) is 11.5 Å². The van der Waals surface area contributed by atoms with Crippen LogP contribution in [0.25, 0.3) is 10.9 Å². The molecule has 1 aliphatic heterocycles. The van der Waals surface area contributed by atoms with Crippen molar-refractivity contribution >= 4 is 39.9 Å². The molecule has 1 amide bonds. The third-order valence-electron chi connectivity index (χ3n) is 6.33. The number of aliphatic hydroxyl groups excluding tert-OH is 1. The Balaban J connectivity index is 1.47. The van der Waals surface area contributed by atoms with E-state index in [0.29, 0.717) is 35.6 Å². The second-order valence-electron chi connectivity index (χ2n) is 8.52. The molecule has 2 fully saturated rings. The lowest BCUT2D eigenvalue weighted by atomic mass is 9.87. The van der Waals surface area contributed by atoms with Crippen molar-refractivity contribution in [2.45, 2.75) is 51.0 Å². The first-order chi connectivity index (χ1) is 14.6.